The number of amides is 3. The molecule has 0 radical (unpaired) electrons. The first-order chi connectivity index (χ1) is 12.0. The SMILES string of the molecule is Cc1cccc2[nH]c(C3CCN(C(=O)[C@H]4CN(C)C(=O)N4)CC3)nc12. The lowest BCUT2D eigenvalue weighted by atomic mass is 9.95. The molecule has 1 aromatic carbocycles. The fraction of sp³-hybridized carbons (Fsp3) is 0.500. The van der Waals surface area contributed by atoms with E-state index < -0.39 is 6.04 Å². The van der Waals surface area contributed by atoms with Gasteiger partial charge in [0.1, 0.15) is 11.9 Å². The summed E-state index contributed by atoms with van der Waals surface area (Å²) >= 11 is 0. The Morgan fingerprint density at radius 2 is 2.04 bits per heavy atom. The van der Waals surface area contributed by atoms with E-state index in [1.165, 1.54) is 5.56 Å². The van der Waals surface area contributed by atoms with Gasteiger partial charge in [-0.3, -0.25) is 4.79 Å². The third kappa shape index (κ3) is 2.83. The van der Waals surface area contributed by atoms with Crippen LogP contribution in [-0.4, -0.2) is 64.4 Å². The van der Waals surface area contributed by atoms with E-state index >= 15 is 0 Å². The fourth-order valence-corrected chi connectivity index (χ4v) is 3.78. The van der Waals surface area contributed by atoms with Crippen LogP contribution in [0.15, 0.2) is 18.2 Å². The minimum Gasteiger partial charge on any atom is -0.342 e. The maximum Gasteiger partial charge on any atom is 0.317 e. The number of H-pyrrole nitrogens is 1. The number of hydrogen-bond donors (Lipinski definition) is 2. The number of rotatable bonds is 2. The molecule has 2 aliphatic heterocycles. The van der Waals surface area contributed by atoms with Crippen molar-refractivity contribution in [3.05, 3.63) is 29.6 Å². The first-order valence-corrected chi connectivity index (χ1v) is 8.78. The Hall–Kier alpha value is -2.57. The summed E-state index contributed by atoms with van der Waals surface area (Å²) in [5.74, 6) is 1.39. The molecule has 3 heterocycles. The maximum absolute atomic E-state index is 12.6. The average molecular weight is 341 g/mol. The third-order valence-corrected chi connectivity index (χ3v) is 5.33. The number of carbonyl (C=O) groups is 2. The highest BCUT2D eigenvalue weighted by atomic mass is 16.2. The van der Waals surface area contributed by atoms with Gasteiger partial charge in [0, 0.05) is 26.1 Å². The quantitative estimate of drug-likeness (QED) is 0.870. The van der Waals surface area contributed by atoms with Crippen LogP contribution in [0.1, 0.15) is 30.1 Å². The van der Waals surface area contributed by atoms with Gasteiger partial charge in [-0.05, 0) is 31.4 Å². The summed E-state index contributed by atoms with van der Waals surface area (Å²) in [4.78, 5) is 35.8. The lowest BCUT2D eigenvalue weighted by Crippen LogP contribution is -2.48. The van der Waals surface area contributed by atoms with Gasteiger partial charge in [0.15, 0.2) is 0 Å². The first-order valence-electron chi connectivity index (χ1n) is 8.78. The number of hydrogen-bond acceptors (Lipinski definition) is 3. The van der Waals surface area contributed by atoms with Crippen LogP contribution in [0.3, 0.4) is 0 Å². The molecule has 0 spiro atoms. The molecule has 2 aromatic rings. The molecule has 0 bridgehead atoms. The Balaban J connectivity index is 1.41. The molecule has 0 unspecified atom stereocenters. The second-order valence-electron chi connectivity index (χ2n) is 7.08. The smallest absolute Gasteiger partial charge is 0.317 e. The van der Waals surface area contributed by atoms with Crippen molar-refractivity contribution in [2.45, 2.75) is 31.7 Å². The number of para-hydroxylation sites is 1. The van der Waals surface area contributed by atoms with Crippen LogP contribution in [-0.2, 0) is 4.79 Å². The number of benzene rings is 1. The lowest BCUT2D eigenvalue weighted by molar-refractivity contribution is -0.133. The van der Waals surface area contributed by atoms with Gasteiger partial charge in [0.05, 0.1) is 17.6 Å². The molecule has 132 valence electrons. The van der Waals surface area contributed by atoms with E-state index in [0.29, 0.717) is 25.6 Å². The molecule has 2 fully saturated rings. The Labute approximate surface area is 146 Å². The highest BCUT2D eigenvalue weighted by Gasteiger charge is 2.35. The largest absolute Gasteiger partial charge is 0.342 e. The van der Waals surface area contributed by atoms with Gasteiger partial charge < -0.3 is 20.1 Å². The highest BCUT2D eigenvalue weighted by molar-refractivity contribution is 5.90. The summed E-state index contributed by atoms with van der Waals surface area (Å²) in [6.45, 7) is 3.92. The normalized spacial score (nSPS) is 21.8. The zero-order valence-electron chi connectivity index (χ0n) is 14.6. The van der Waals surface area contributed by atoms with Crippen LogP contribution in [0.25, 0.3) is 11.0 Å². The number of aryl methyl sites for hydroxylation is 1. The number of likely N-dealkylation sites (N-methyl/N-ethyl adjacent to an activating group) is 1. The van der Waals surface area contributed by atoms with Crippen molar-refractivity contribution in [2.24, 2.45) is 0 Å². The average Bonchev–Trinajstić information content (AvgIpc) is 3.19. The van der Waals surface area contributed by atoms with Crippen molar-refractivity contribution in [3.63, 3.8) is 0 Å². The molecule has 3 amide bonds. The lowest BCUT2D eigenvalue weighted by Gasteiger charge is -2.32. The second-order valence-corrected chi connectivity index (χ2v) is 7.08. The summed E-state index contributed by atoms with van der Waals surface area (Å²) in [5, 5.41) is 2.74. The molecule has 0 aliphatic carbocycles. The van der Waals surface area contributed by atoms with E-state index in [1.807, 2.05) is 11.0 Å². The van der Waals surface area contributed by atoms with Crippen LogP contribution >= 0.6 is 0 Å². The Morgan fingerprint density at radius 1 is 1.28 bits per heavy atom. The van der Waals surface area contributed by atoms with Gasteiger partial charge in [-0.25, -0.2) is 9.78 Å². The number of imidazole rings is 1. The molecule has 7 nitrogen and oxygen atoms in total. The molecule has 1 aromatic heterocycles. The maximum atomic E-state index is 12.6. The zero-order valence-corrected chi connectivity index (χ0v) is 14.6. The first kappa shape index (κ1) is 15.9. The van der Waals surface area contributed by atoms with E-state index in [2.05, 4.69) is 29.4 Å². The molecule has 25 heavy (non-hydrogen) atoms. The number of nitrogens with zero attached hydrogens (tertiary/aromatic N) is 3. The molecular formula is C18H23N5O2. The van der Waals surface area contributed by atoms with Crippen molar-refractivity contribution < 1.29 is 9.59 Å². The number of aromatic amines is 1. The second kappa shape index (κ2) is 6.06. The Morgan fingerprint density at radius 3 is 2.68 bits per heavy atom. The molecule has 4 rings (SSSR count). The number of fused-ring (bicyclic) bond motifs is 1. The molecular weight excluding hydrogens is 318 g/mol. The van der Waals surface area contributed by atoms with Crippen LogP contribution < -0.4 is 5.32 Å². The van der Waals surface area contributed by atoms with Crippen LogP contribution in [0.4, 0.5) is 4.79 Å². The van der Waals surface area contributed by atoms with E-state index in [9.17, 15) is 9.59 Å². The predicted molar refractivity (Wildman–Crippen MR) is 94.3 cm³/mol. The van der Waals surface area contributed by atoms with E-state index in [4.69, 9.17) is 4.98 Å². The minimum absolute atomic E-state index is 0.0246. The Bertz CT molecular complexity index is 822. The number of aromatic nitrogens is 2. The molecule has 7 heteroatoms. The van der Waals surface area contributed by atoms with Crippen LogP contribution in [0.5, 0.6) is 0 Å². The van der Waals surface area contributed by atoms with Crippen molar-refractivity contribution in [1.29, 1.82) is 0 Å². The predicted octanol–water partition coefficient (Wildman–Crippen LogP) is 1.60. The summed E-state index contributed by atoms with van der Waals surface area (Å²) in [6, 6.07) is 5.57. The molecule has 2 aliphatic rings. The van der Waals surface area contributed by atoms with Gasteiger partial charge in [0.2, 0.25) is 5.91 Å². The third-order valence-electron chi connectivity index (χ3n) is 5.33. The van der Waals surface area contributed by atoms with Gasteiger partial charge in [-0.2, -0.15) is 0 Å². The number of piperidine rings is 1. The molecule has 2 N–H and O–H groups in total. The summed E-state index contributed by atoms with van der Waals surface area (Å²) < 4.78 is 0. The fourth-order valence-electron chi connectivity index (χ4n) is 3.78. The number of likely N-dealkylation sites (tertiary alicyclic amines) is 1. The van der Waals surface area contributed by atoms with E-state index in [1.54, 1.807) is 11.9 Å². The molecule has 0 saturated carbocycles. The Kier molecular flexibility index (Phi) is 3.86. The summed E-state index contributed by atoms with van der Waals surface area (Å²) in [5.41, 5.74) is 3.28. The van der Waals surface area contributed by atoms with Crippen molar-refractivity contribution in [2.75, 3.05) is 26.7 Å². The minimum atomic E-state index is -0.414. The number of urea groups is 1. The van der Waals surface area contributed by atoms with Crippen molar-refractivity contribution in [1.82, 2.24) is 25.1 Å². The van der Waals surface area contributed by atoms with E-state index in [-0.39, 0.29) is 11.9 Å². The highest BCUT2D eigenvalue weighted by Crippen LogP contribution is 2.29. The molecule has 2 saturated heterocycles. The monoisotopic (exact) mass is 341 g/mol. The van der Waals surface area contributed by atoms with Gasteiger partial charge in [-0.15, -0.1) is 0 Å². The van der Waals surface area contributed by atoms with Crippen LogP contribution in [0.2, 0.25) is 0 Å². The number of nitrogens with one attached hydrogen (secondary N) is 2. The molecule has 1 atom stereocenters. The van der Waals surface area contributed by atoms with Crippen molar-refractivity contribution >= 4 is 23.0 Å². The summed E-state index contributed by atoms with van der Waals surface area (Å²) in [6.07, 6.45) is 1.78. The topological polar surface area (TPSA) is 81.3 Å². The van der Waals surface area contributed by atoms with Crippen molar-refractivity contribution in [3.8, 4) is 0 Å². The van der Waals surface area contributed by atoms with Gasteiger partial charge in [0.25, 0.3) is 0 Å². The van der Waals surface area contributed by atoms with Gasteiger partial charge >= 0.3 is 6.03 Å². The number of carbonyl (C=O) groups excluding carboxylic acids is 2. The summed E-state index contributed by atoms with van der Waals surface area (Å²) in [7, 11) is 1.71. The zero-order chi connectivity index (χ0) is 17.6. The van der Waals surface area contributed by atoms with Gasteiger partial charge in [-0.1, -0.05) is 12.1 Å². The van der Waals surface area contributed by atoms with Crippen LogP contribution in [0, 0.1) is 6.92 Å². The standard InChI is InChI=1S/C18H23N5O2/c1-11-4-3-5-13-15(11)21-16(19-13)12-6-8-23(9-7-12)17(24)14-10-22(2)18(25)20-14/h3-5,12,14H,6-10H2,1-2H3,(H,19,21)(H,20,25)/t14-/m1/s1. The van der Waals surface area contributed by atoms with E-state index in [0.717, 1.165) is 29.7 Å².